The molecule has 3 N–H and O–H groups in total. The highest BCUT2D eigenvalue weighted by molar-refractivity contribution is 9.10. The van der Waals surface area contributed by atoms with Gasteiger partial charge in [0.2, 0.25) is 0 Å². The molecule has 106 valence electrons. The summed E-state index contributed by atoms with van der Waals surface area (Å²) in [4.78, 5) is 0. The molecule has 3 nitrogen and oxygen atoms in total. The number of hydrazine groups is 1. The second-order valence-corrected chi connectivity index (χ2v) is 5.88. The molecule has 1 fully saturated rings. The maximum Gasteiger partial charge on any atom is 0.123 e. The number of hydrogen-bond donors (Lipinski definition) is 2. The Balaban J connectivity index is 1.95. The zero-order valence-corrected chi connectivity index (χ0v) is 12.5. The van der Waals surface area contributed by atoms with Crippen molar-refractivity contribution in [3.8, 4) is 0 Å². The molecule has 1 saturated heterocycles. The van der Waals surface area contributed by atoms with Crippen molar-refractivity contribution in [1.29, 1.82) is 0 Å². The smallest absolute Gasteiger partial charge is 0.123 e. The van der Waals surface area contributed by atoms with Gasteiger partial charge >= 0.3 is 0 Å². The Hall–Kier alpha value is -0.490. The second-order valence-electron chi connectivity index (χ2n) is 5.03. The van der Waals surface area contributed by atoms with Crippen molar-refractivity contribution >= 4 is 15.9 Å². The fraction of sp³-hybridized carbons (Fsp3) is 0.571. The third kappa shape index (κ3) is 4.53. The lowest BCUT2D eigenvalue weighted by atomic mass is 9.97. The quantitative estimate of drug-likeness (QED) is 0.644. The summed E-state index contributed by atoms with van der Waals surface area (Å²) in [6.07, 6.45) is 5.26. The second kappa shape index (κ2) is 7.33. The monoisotopic (exact) mass is 330 g/mol. The molecule has 19 heavy (non-hydrogen) atoms. The van der Waals surface area contributed by atoms with Crippen molar-refractivity contribution in [1.82, 2.24) is 5.43 Å². The first-order valence-electron chi connectivity index (χ1n) is 6.70. The van der Waals surface area contributed by atoms with E-state index >= 15 is 0 Å². The Labute approximate surface area is 121 Å². The van der Waals surface area contributed by atoms with Crippen LogP contribution in [0.2, 0.25) is 0 Å². The van der Waals surface area contributed by atoms with Gasteiger partial charge in [-0.1, -0.05) is 15.9 Å². The number of nitrogens with one attached hydrogen (secondary N) is 1. The van der Waals surface area contributed by atoms with Gasteiger partial charge in [-0.25, -0.2) is 4.39 Å². The van der Waals surface area contributed by atoms with E-state index in [0.29, 0.717) is 6.42 Å². The zero-order valence-electron chi connectivity index (χ0n) is 10.9. The molecule has 2 unspecified atom stereocenters. The van der Waals surface area contributed by atoms with Crippen LogP contribution in [0.5, 0.6) is 0 Å². The minimum absolute atomic E-state index is 0.0983. The van der Waals surface area contributed by atoms with Crippen LogP contribution in [0.25, 0.3) is 0 Å². The van der Waals surface area contributed by atoms with Crippen molar-refractivity contribution in [2.75, 3.05) is 6.61 Å². The van der Waals surface area contributed by atoms with Crippen molar-refractivity contribution in [2.24, 2.45) is 5.84 Å². The summed E-state index contributed by atoms with van der Waals surface area (Å²) < 4.78 is 19.9. The van der Waals surface area contributed by atoms with E-state index in [1.165, 1.54) is 12.5 Å². The highest BCUT2D eigenvalue weighted by atomic mass is 79.9. The summed E-state index contributed by atoms with van der Waals surface area (Å²) in [5, 5.41) is 0. The van der Waals surface area contributed by atoms with Crippen molar-refractivity contribution in [3.05, 3.63) is 34.1 Å². The molecule has 0 radical (unpaired) electrons. The van der Waals surface area contributed by atoms with Gasteiger partial charge < -0.3 is 4.74 Å². The highest BCUT2D eigenvalue weighted by Gasteiger charge is 2.20. The zero-order chi connectivity index (χ0) is 13.7. The van der Waals surface area contributed by atoms with Crippen molar-refractivity contribution in [3.63, 3.8) is 0 Å². The third-order valence-corrected chi connectivity index (χ3v) is 4.30. The van der Waals surface area contributed by atoms with Gasteiger partial charge in [-0.05, 0) is 55.9 Å². The molecule has 0 aliphatic carbocycles. The van der Waals surface area contributed by atoms with E-state index < -0.39 is 0 Å². The van der Waals surface area contributed by atoms with Crippen LogP contribution in [0.3, 0.4) is 0 Å². The predicted molar refractivity (Wildman–Crippen MR) is 77.1 cm³/mol. The molecular formula is C14H20BrFN2O. The molecule has 0 spiro atoms. The van der Waals surface area contributed by atoms with Crippen LogP contribution in [0, 0.1) is 5.82 Å². The summed E-state index contributed by atoms with van der Waals surface area (Å²) in [7, 11) is 0. The van der Waals surface area contributed by atoms with Gasteiger partial charge in [-0.2, -0.15) is 0 Å². The van der Waals surface area contributed by atoms with E-state index in [1.54, 1.807) is 12.1 Å². The Kier molecular flexibility index (Phi) is 5.76. The molecule has 1 aromatic carbocycles. The largest absolute Gasteiger partial charge is 0.378 e. The number of benzene rings is 1. The fourth-order valence-corrected chi connectivity index (χ4v) is 2.89. The van der Waals surface area contributed by atoms with Crippen LogP contribution < -0.4 is 11.3 Å². The first kappa shape index (κ1) is 14.9. The van der Waals surface area contributed by atoms with Gasteiger partial charge in [0.1, 0.15) is 5.82 Å². The minimum atomic E-state index is -0.220. The number of ether oxygens (including phenoxy) is 1. The minimum Gasteiger partial charge on any atom is -0.378 e. The van der Waals surface area contributed by atoms with E-state index in [9.17, 15) is 4.39 Å². The lowest BCUT2D eigenvalue weighted by Gasteiger charge is -2.27. The normalized spacial score (nSPS) is 21.3. The molecule has 1 aliphatic rings. The lowest BCUT2D eigenvalue weighted by Crippen LogP contribution is -2.40. The summed E-state index contributed by atoms with van der Waals surface area (Å²) in [6.45, 7) is 0.839. The SMILES string of the molecule is NNC(Cc1cc(F)ccc1Br)CC1CCCCO1. The first-order valence-corrected chi connectivity index (χ1v) is 7.50. The van der Waals surface area contributed by atoms with E-state index in [0.717, 1.165) is 35.9 Å². The molecule has 5 heteroatoms. The maximum atomic E-state index is 13.3. The Morgan fingerprint density at radius 1 is 1.47 bits per heavy atom. The van der Waals surface area contributed by atoms with Crippen LogP contribution in [0.4, 0.5) is 4.39 Å². The molecule has 0 bridgehead atoms. The first-order chi connectivity index (χ1) is 9.19. The number of halogens is 2. The topological polar surface area (TPSA) is 47.3 Å². The third-order valence-electron chi connectivity index (χ3n) is 3.53. The van der Waals surface area contributed by atoms with Gasteiger partial charge in [-0.15, -0.1) is 0 Å². The molecule has 2 atom stereocenters. The molecule has 1 aliphatic heterocycles. The molecule has 1 aromatic rings. The standard InChI is InChI=1S/C14H20BrFN2O/c15-14-5-4-11(16)7-10(14)8-12(18-17)9-13-3-1-2-6-19-13/h4-5,7,12-13,18H,1-3,6,8-9,17H2. The molecule has 1 heterocycles. The molecular weight excluding hydrogens is 311 g/mol. The lowest BCUT2D eigenvalue weighted by molar-refractivity contribution is 0.00523. The van der Waals surface area contributed by atoms with E-state index in [1.807, 2.05) is 0 Å². The number of hydrogen-bond acceptors (Lipinski definition) is 3. The average molecular weight is 331 g/mol. The van der Waals surface area contributed by atoms with Gasteiger partial charge in [0.05, 0.1) is 6.10 Å². The molecule has 0 saturated carbocycles. The van der Waals surface area contributed by atoms with E-state index in [-0.39, 0.29) is 18.0 Å². The molecule has 0 aromatic heterocycles. The summed E-state index contributed by atoms with van der Waals surface area (Å²) in [5.41, 5.74) is 3.75. The van der Waals surface area contributed by atoms with Gasteiger partial charge in [-0.3, -0.25) is 11.3 Å². The highest BCUT2D eigenvalue weighted by Crippen LogP contribution is 2.22. The van der Waals surface area contributed by atoms with Crippen LogP contribution in [-0.4, -0.2) is 18.8 Å². The Morgan fingerprint density at radius 2 is 2.32 bits per heavy atom. The summed E-state index contributed by atoms with van der Waals surface area (Å²) in [6, 6.07) is 4.83. The summed E-state index contributed by atoms with van der Waals surface area (Å²) in [5.74, 6) is 5.39. The fourth-order valence-electron chi connectivity index (χ4n) is 2.49. The Morgan fingerprint density at radius 3 is 3.00 bits per heavy atom. The number of nitrogens with two attached hydrogens (primary N) is 1. The van der Waals surface area contributed by atoms with Crippen LogP contribution in [0.15, 0.2) is 22.7 Å². The molecule has 0 amide bonds. The van der Waals surface area contributed by atoms with Crippen molar-refractivity contribution in [2.45, 2.75) is 44.2 Å². The van der Waals surface area contributed by atoms with Crippen LogP contribution >= 0.6 is 15.9 Å². The van der Waals surface area contributed by atoms with Crippen LogP contribution in [-0.2, 0) is 11.2 Å². The molecule has 2 rings (SSSR count). The van der Waals surface area contributed by atoms with Gasteiger partial charge in [0.25, 0.3) is 0 Å². The summed E-state index contributed by atoms with van der Waals surface area (Å²) >= 11 is 3.45. The van der Waals surface area contributed by atoms with E-state index in [2.05, 4.69) is 21.4 Å². The van der Waals surface area contributed by atoms with E-state index in [4.69, 9.17) is 10.6 Å². The number of rotatable bonds is 5. The Bertz CT molecular complexity index is 410. The van der Waals surface area contributed by atoms with Gasteiger partial charge in [0, 0.05) is 17.1 Å². The average Bonchev–Trinajstić information content (AvgIpc) is 2.43. The predicted octanol–water partition coefficient (Wildman–Crippen LogP) is 2.92. The van der Waals surface area contributed by atoms with Gasteiger partial charge in [0.15, 0.2) is 0 Å². The van der Waals surface area contributed by atoms with Crippen molar-refractivity contribution < 1.29 is 9.13 Å². The maximum absolute atomic E-state index is 13.3. The van der Waals surface area contributed by atoms with Crippen LogP contribution in [0.1, 0.15) is 31.2 Å².